The number of hydrogen-bond acceptors (Lipinski definition) is 3. The zero-order valence-corrected chi connectivity index (χ0v) is 10.0. The Morgan fingerprint density at radius 2 is 2.27 bits per heavy atom. The number of anilines is 1. The molecule has 0 radical (unpaired) electrons. The summed E-state index contributed by atoms with van der Waals surface area (Å²) in [5.74, 6) is 1.33. The lowest BCUT2D eigenvalue weighted by Gasteiger charge is -2.16. The summed E-state index contributed by atoms with van der Waals surface area (Å²) in [7, 11) is 0. The van der Waals surface area contributed by atoms with E-state index < -0.39 is 0 Å². The van der Waals surface area contributed by atoms with E-state index in [1.165, 1.54) is 0 Å². The molecule has 2 nitrogen and oxygen atoms in total. The first-order valence-electron chi connectivity index (χ1n) is 4.91. The van der Waals surface area contributed by atoms with Crippen LogP contribution in [0, 0.1) is 5.92 Å². The molecular weight excluding hydrogens is 226 g/mol. The van der Waals surface area contributed by atoms with E-state index in [2.05, 4.69) is 25.3 Å². The summed E-state index contributed by atoms with van der Waals surface area (Å²) in [5.41, 5.74) is 0.941. The topological polar surface area (TPSA) is 20.3 Å². The molecule has 1 aliphatic heterocycles. The first kappa shape index (κ1) is 10.9. The average molecular weight is 239 g/mol. The van der Waals surface area contributed by atoms with Crippen LogP contribution in [0.5, 0.6) is 0 Å². The summed E-state index contributed by atoms with van der Waals surface area (Å²) in [5, 5.41) is 0. The molecule has 0 spiro atoms. The Hall–Kier alpha value is -0.610. The molecule has 1 atom stereocenters. The van der Waals surface area contributed by atoms with E-state index in [0.717, 1.165) is 22.9 Å². The Morgan fingerprint density at radius 1 is 1.47 bits per heavy atom. The van der Waals surface area contributed by atoms with Crippen molar-refractivity contribution in [3.8, 4) is 0 Å². The van der Waals surface area contributed by atoms with Crippen molar-refractivity contribution >= 4 is 36.9 Å². The number of carbonyl (C=O) groups excluding carboxylic acids is 1. The van der Waals surface area contributed by atoms with E-state index in [0.29, 0.717) is 12.3 Å². The van der Waals surface area contributed by atoms with Crippen LogP contribution in [-0.2, 0) is 4.79 Å². The lowest BCUT2D eigenvalue weighted by Crippen LogP contribution is -2.24. The fourth-order valence-corrected chi connectivity index (χ4v) is 2.28. The molecule has 1 fully saturated rings. The van der Waals surface area contributed by atoms with Gasteiger partial charge >= 0.3 is 0 Å². The number of carbonyl (C=O) groups is 1. The molecule has 80 valence electrons. The minimum Gasteiger partial charge on any atom is -0.312 e. The lowest BCUT2D eigenvalue weighted by molar-refractivity contribution is -0.117. The van der Waals surface area contributed by atoms with Gasteiger partial charge in [-0.05, 0) is 29.9 Å². The van der Waals surface area contributed by atoms with E-state index in [4.69, 9.17) is 0 Å². The maximum absolute atomic E-state index is 11.7. The summed E-state index contributed by atoms with van der Waals surface area (Å²) in [6.07, 6.45) is 0.611. The van der Waals surface area contributed by atoms with Gasteiger partial charge < -0.3 is 4.90 Å². The minimum atomic E-state index is 0.188. The van der Waals surface area contributed by atoms with Gasteiger partial charge in [-0.15, -0.1) is 12.6 Å². The minimum absolute atomic E-state index is 0.188. The smallest absolute Gasteiger partial charge is 0.227 e. The maximum Gasteiger partial charge on any atom is 0.227 e. The highest BCUT2D eigenvalue weighted by molar-refractivity contribution is 7.80. The number of rotatable bonds is 2. The van der Waals surface area contributed by atoms with Gasteiger partial charge in [0, 0.05) is 23.5 Å². The Labute approximate surface area is 100 Å². The fourth-order valence-electron chi connectivity index (χ4n) is 1.81. The number of hydrogen-bond donors (Lipinski definition) is 2. The summed E-state index contributed by atoms with van der Waals surface area (Å²) in [4.78, 5) is 14.4. The molecular formula is C11H13NOS2. The van der Waals surface area contributed by atoms with Gasteiger partial charge in [0.15, 0.2) is 0 Å². The average Bonchev–Trinajstić information content (AvgIpc) is 2.60. The van der Waals surface area contributed by atoms with Gasteiger partial charge in [0.1, 0.15) is 0 Å². The zero-order chi connectivity index (χ0) is 10.8. The van der Waals surface area contributed by atoms with Crippen molar-refractivity contribution in [1.29, 1.82) is 0 Å². The highest BCUT2D eigenvalue weighted by Gasteiger charge is 2.29. The molecule has 0 saturated carbocycles. The van der Waals surface area contributed by atoms with Crippen LogP contribution < -0.4 is 4.90 Å². The number of benzene rings is 1. The van der Waals surface area contributed by atoms with Crippen LogP contribution >= 0.6 is 25.3 Å². The standard InChI is InChI=1S/C11H13NOS2/c13-11-4-8(7-14)6-12(11)9-2-1-3-10(15)5-9/h1-3,5,8,14-15H,4,6-7H2. The molecule has 1 heterocycles. The third kappa shape index (κ3) is 2.32. The Kier molecular flexibility index (Phi) is 3.26. The molecule has 1 amide bonds. The van der Waals surface area contributed by atoms with Crippen LogP contribution in [0.1, 0.15) is 6.42 Å². The van der Waals surface area contributed by atoms with Gasteiger partial charge in [-0.2, -0.15) is 12.6 Å². The summed E-state index contributed by atoms with van der Waals surface area (Å²) in [6, 6.07) is 7.68. The van der Waals surface area contributed by atoms with Gasteiger partial charge in [-0.3, -0.25) is 4.79 Å². The van der Waals surface area contributed by atoms with E-state index in [-0.39, 0.29) is 5.91 Å². The number of thiol groups is 2. The molecule has 1 aromatic rings. The third-order valence-electron chi connectivity index (χ3n) is 2.60. The molecule has 15 heavy (non-hydrogen) atoms. The highest BCUT2D eigenvalue weighted by atomic mass is 32.1. The van der Waals surface area contributed by atoms with Gasteiger partial charge in [-0.25, -0.2) is 0 Å². The van der Waals surface area contributed by atoms with E-state index >= 15 is 0 Å². The Bertz CT molecular complexity index is 381. The summed E-state index contributed by atoms with van der Waals surface area (Å²) in [6.45, 7) is 0.777. The van der Waals surface area contributed by atoms with Crippen molar-refractivity contribution in [3.05, 3.63) is 24.3 Å². The molecule has 4 heteroatoms. The quantitative estimate of drug-likeness (QED) is 0.759. The van der Waals surface area contributed by atoms with Crippen LogP contribution in [0.15, 0.2) is 29.2 Å². The van der Waals surface area contributed by atoms with Crippen LogP contribution in [0.4, 0.5) is 5.69 Å². The third-order valence-corrected chi connectivity index (χ3v) is 3.40. The van der Waals surface area contributed by atoms with Crippen LogP contribution in [0.25, 0.3) is 0 Å². The predicted octanol–water partition coefficient (Wildman–Crippen LogP) is 2.26. The largest absolute Gasteiger partial charge is 0.312 e. The van der Waals surface area contributed by atoms with Gasteiger partial charge in [0.25, 0.3) is 0 Å². The first-order chi connectivity index (χ1) is 7.20. The molecule has 0 N–H and O–H groups in total. The summed E-state index contributed by atoms with van der Waals surface area (Å²) >= 11 is 8.50. The number of amides is 1. The molecule has 2 rings (SSSR count). The normalized spacial score (nSPS) is 21.1. The molecule has 0 aromatic heterocycles. The molecule has 1 aromatic carbocycles. The van der Waals surface area contributed by atoms with Gasteiger partial charge in [0.2, 0.25) is 5.91 Å². The van der Waals surface area contributed by atoms with Crippen molar-refractivity contribution in [2.45, 2.75) is 11.3 Å². The molecule has 0 aliphatic carbocycles. The van der Waals surface area contributed by atoms with Gasteiger partial charge in [-0.1, -0.05) is 6.07 Å². The second-order valence-electron chi connectivity index (χ2n) is 3.78. The van der Waals surface area contributed by atoms with Crippen molar-refractivity contribution in [2.24, 2.45) is 5.92 Å². The monoisotopic (exact) mass is 239 g/mol. The highest BCUT2D eigenvalue weighted by Crippen LogP contribution is 2.26. The van der Waals surface area contributed by atoms with E-state index in [9.17, 15) is 4.79 Å². The SMILES string of the molecule is O=C1CC(CS)CN1c1cccc(S)c1. The predicted molar refractivity (Wildman–Crippen MR) is 68.0 cm³/mol. The lowest BCUT2D eigenvalue weighted by atomic mass is 10.1. The Morgan fingerprint density at radius 3 is 2.87 bits per heavy atom. The molecule has 1 saturated heterocycles. The maximum atomic E-state index is 11.7. The zero-order valence-electron chi connectivity index (χ0n) is 8.26. The fraction of sp³-hybridized carbons (Fsp3) is 0.364. The van der Waals surface area contributed by atoms with Crippen LogP contribution in [0.3, 0.4) is 0 Å². The summed E-state index contributed by atoms with van der Waals surface area (Å²) < 4.78 is 0. The van der Waals surface area contributed by atoms with Crippen molar-refractivity contribution in [3.63, 3.8) is 0 Å². The molecule has 0 bridgehead atoms. The Balaban J connectivity index is 2.21. The van der Waals surface area contributed by atoms with Crippen molar-refractivity contribution in [2.75, 3.05) is 17.2 Å². The molecule has 1 aliphatic rings. The van der Waals surface area contributed by atoms with Crippen molar-refractivity contribution in [1.82, 2.24) is 0 Å². The number of nitrogens with zero attached hydrogens (tertiary/aromatic N) is 1. The van der Waals surface area contributed by atoms with Gasteiger partial charge in [0.05, 0.1) is 0 Å². The van der Waals surface area contributed by atoms with E-state index in [1.54, 1.807) is 0 Å². The van der Waals surface area contributed by atoms with Crippen LogP contribution in [-0.4, -0.2) is 18.2 Å². The van der Waals surface area contributed by atoms with Crippen molar-refractivity contribution < 1.29 is 4.79 Å². The second kappa shape index (κ2) is 4.49. The van der Waals surface area contributed by atoms with Crippen LogP contribution in [0.2, 0.25) is 0 Å². The first-order valence-corrected chi connectivity index (χ1v) is 5.99. The molecule has 1 unspecified atom stereocenters. The second-order valence-corrected chi connectivity index (χ2v) is 4.66. The van der Waals surface area contributed by atoms with E-state index in [1.807, 2.05) is 29.2 Å².